The second kappa shape index (κ2) is 9.97. The van der Waals surface area contributed by atoms with Gasteiger partial charge in [0.05, 0.1) is 6.04 Å². The smallest absolute Gasteiger partial charge is 0.254 e. The number of carbonyl (C=O) groups excluding carboxylic acids is 1. The summed E-state index contributed by atoms with van der Waals surface area (Å²) in [5, 5.41) is 9.20. The molecule has 4 heterocycles. The fourth-order valence-electron chi connectivity index (χ4n) is 6.86. The average Bonchev–Trinajstić information content (AvgIpc) is 3.58. The van der Waals surface area contributed by atoms with E-state index < -0.39 is 0 Å². The number of aromatic nitrogens is 3. The lowest BCUT2D eigenvalue weighted by Gasteiger charge is -2.39. The molecule has 7 nitrogen and oxygen atoms in total. The molecule has 0 spiro atoms. The Balaban J connectivity index is 1.07. The Bertz CT molecular complexity index is 1640. The highest BCUT2D eigenvalue weighted by Crippen LogP contribution is 2.37. The first-order chi connectivity index (χ1) is 19.2. The second-order valence-corrected chi connectivity index (χ2v) is 11.0. The van der Waals surface area contributed by atoms with Crippen LogP contribution in [0.1, 0.15) is 64.0 Å². The van der Waals surface area contributed by atoms with E-state index in [9.17, 15) is 4.79 Å². The highest BCUT2D eigenvalue weighted by atomic mass is 16.6. The number of nitrogens with one attached hydrogen (secondary N) is 1. The maximum Gasteiger partial charge on any atom is 0.254 e. The van der Waals surface area contributed by atoms with Gasteiger partial charge in [0.15, 0.2) is 0 Å². The second-order valence-electron chi connectivity index (χ2n) is 11.0. The number of hydrogen-bond acceptors (Lipinski definition) is 5. The Labute approximate surface area is 227 Å². The van der Waals surface area contributed by atoms with E-state index >= 15 is 0 Å². The van der Waals surface area contributed by atoms with E-state index in [0.717, 1.165) is 39.0 Å². The number of amides is 1. The van der Waals surface area contributed by atoms with Crippen molar-refractivity contribution in [3.05, 3.63) is 94.7 Å². The summed E-state index contributed by atoms with van der Waals surface area (Å²) in [6.07, 6.45) is 4.13. The molecule has 0 saturated carbocycles. The zero-order valence-electron chi connectivity index (χ0n) is 22.3. The van der Waals surface area contributed by atoms with Gasteiger partial charge < -0.3 is 14.8 Å². The summed E-state index contributed by atoms with van der Waals surface area (Å²) in [6.45, 7) is 6.08. The molecule has 1 fully saturated rings. The van der Waals surface area contributed by atoms with Crippen molar-refractivity contribution < 1.29 is 9.42 Å². The van der Waals surface area contributed by atoms with E-state index in [-0.39, 0.29) is 11.9 Å². The molecular weight excluding hydrogens is 486 g/mol. The van der Waals surface area contributed by atoms with Crippen LogP contribution in [0, 0.1) is 6.92 Å². The molecule has 3 aromatic carbocycles. The maximum atomic E-state index is 13.8. The molecule has 1 N–H and O–H groups in total. The number of piperidine rings is 1. The lowest BCUT2D eigenvalue weighted by atomic mass is 9.87. The van der Waals surface area contributed by atoms with Gasteiger partial charge in [-0.15, -0.1) is 0 Å². The van der Waals surface area contributed by atoms with Crippen molar-refractivity contribution in [3.8, 4) is 0 Å². The van der Waals surface area contributed by atoms with Crippen molar-refractivity contribution in [3.63, 3.8) is 0 Å². The Morgan fingerprint density at radius 1 is 0.974 bits per heavy atom. The first-order valence-electron chi connectivity index (χ1n) is 14.1. The van der Waals surface area contributed by atoms with Gasteiger partial charge in [-0.2, -0.15) is 0 Å². The molecule has 7 rings (SSSR count). The quantitative estimate of drug-likeness (QED) is 0.307. The molecule has 1 atom stereocenters. The van der Waals surface area contributed by atoms with Crippen LogP contribution < -0.4 is 0 Å². The molecule has 0 aliphatic carbocycles. The largest absolute Gasteiger partial charge is 0.358 e. The minimum absolute atomic E-state index is 0.0490. The number of fused-ring (bicyclic) bond motifs is 3. The number of H-pyrrole nitrogens is 1. The van der Waals surface area contributed by atoms with Crippen molar-refractivity contribution in [2.45, 2.75) is 44.6 Å². The molecule has 0 bridgehead atoms. The third kappa shape index (κ3) is 4.40. The fourth-order valence-corrected chi connectivity index (χ4v) is 6.86. The zero-order chi connectivity index (χ0) is 26.3. The number of aromatic amines is 1. The molecule has 7 heteroatoms. The molecule has 1 saturated heterocycles. The van der Waals surface area contributed by atoms with Gasteiger partial charge in [0, 0.05) is 35.2 Å². The summed E-state index contributed by atoms with van der Waals surface area (Å²) in [6, 6.07) is 22.8. The van der Waals surface area contributed by atoms with Gasteiger partial charge in [-0.3, -0.25) is 4.79 Å². The summed E-state index contributed by atoms with van der Waals surface area (Å²) in [4.78, 5) is 22.0. The molecule has 2 aliphatic rings. The van der Waals surface area contributed by atoms with Crippen molar-refractivity contribution in [2.75, 3.05) is 26.2 Å². The number of rotatable bonds is 5. The van der Waals surface area contributed by atoms with Gasteiger partial charge in [0.25, 0.3) is 5.91 Å². The number of likely N-dealkylation sites (tertiary alicyclic amines) is 1. The number of benzene rings is 3. The van der Waals surface area contributed by atoms with Gasteiger partial charge in [-0.25, -0.2) is 4.63 Å². The van der Waals surface area contributed by atoms with Crippen LogP contribution in [0.2, 0.25) is 0 Å². The van der Waals surface area contributed by atoms with E-state index in [0.29, 0.717) is 22.5 Å². The minimum atomic E-state index is 0.0490. The van der Waals surface area contributed by atoms with Crippen molar-refractivity contribution in [1.29, 1.82) is 0 Å². The first kappa shape index (κ1) is 24.1. The van der Waals surface area contributed by atoms with Gasteiger partial charge in [-0.05, 0) is 103 Å². The number of para-hydroxylation sites is 1. The fraction of sp³-hybridized carbons (Fsp3) is 0.344. The molecule has 39 heavy (non-hydrogen) atoms. The van der Waals surface area contributed by atoms with E-state index in [1.807, 2.05) is 12.1 Å². The Hall–Kier alpha value is -3.97. The van der Waals surface area contributed by atoms with Gasteiger partial charge in [0.1, 0.15) is 11.0 Å². The molecule has 1 amide bonds. The van der Waals surface area contributed by atoms with Crippen LogP contribution in [0.5, 0.6) is 0 Å². The van der Waals surface area contributed by atoms with Crippen LogP contribution in [0.4, 0.5) is 0 Å². The van der Waals surface area contributed by atoms with Crippen molar-refractivity contribution in [1.82, 2.24) is 25.1 Å². The number of carbonyl (C=O) groups is 1. The predicted molar refractivity (Wildman–Crippen MR) is 152 cm³/mol. The molecule has 198 valence electrons. The standard InChI is InChI=1S/C32H33N5O2/c1-21-31(26-8-4-5-9-27(26)33-21)23-12-16-36(17-13-23)18-15-30-25-7-3-2-6-22(25)14-19-37(30)32(38)24-10-11-28-29(20-24)35-39-34-28/h2-11,20,23,30,33H,12-19H2,1H3. The molecule has 5 aromatic rings. The third-order valence-electron chi connectivity index (χ3n) is 8.83. The van der Waals surface area contributed by atoms with Crippen molar-refractivity contribution in [2.24, 2.45) is 0 Å². The first-order valence-corrected chi connectivity index (χ1v) is 14.1. The van der Waals surface area contributed by atoms with Crippen molar-refractivity contribution >= 4 is 27.8 Å². The predicted octanol–water partition coefficient (Wildman–Crippen LogP) is 6.02. The Kier molecular flexibility index (Phi) is 6.16. The summed E-state index contributed by atoms with van der Waals surface area (Å²) in [7, 11) is 0. The SMILES string of the molecule is Cc1[nH]c2ccccc2c1C1CCN(CCC2c3ccccc3CCN2C(=O)c2ccc3nonc3c2)CC1. The van der Waals surface area contributed by atoms with Gasteiger partial charge >= 0.3 is 0 Å². The van der Waals surface area contributed by atoms with Crippen LogP contribution in [-0.4, -0.2) is 57.2 Å². The third-order valence-corrected chi connectivity index (χ3v) is 8.83. The molecule has 2 aromatic heterocycles. The molecule has 1 unspecified atom stereocenters. The maximum absolute atomic E-state index is 13.8. The minimum Gasteiger partial charge on any atom is -0.358 e. The van der Waals surface area contributed by atoms with Crippen LogP contribution in [0.3, 0.4) is 0 Å². The number of nitrogens with zero attached hydrogens (tertiary/aromatic N) is 4. The normalized spacial score (nSPS) is 18.6. The van der Waals surface area contributed by atoms with Gasteiger partial charge in [0.2, 0.25) is 0 Å². The van der Waals surface area contributed by atoms with E-state index in [1.165, 1.54) is 46.1 Å². The highest BCUT2D eigenvalue weighted by Gasteiger charge is 2.32. The highest BCUT2D eigenvalue weighted by molar-refractivity contribution is 5.97. The number of aryl methyl sites for hydroxylation is 1. The topological polar surface area (TPSA) is 78.3 Å². The average molecular weight is 520 g/mol. The Morgan fingerprint density at radius 2 is 1.77 bits per heavy atom. The monoisotopic (exact) mass is 519 g/mol. The van der Waals surface area contributed by atoms with E-state index in [4.69, 9.17) is 4.63 Å². The summed E-state index contributed by atoms with van der Waals surface area (Å²) < 4.78 is 4.84. The molecular formula is C32H33N5O2. The van der Waals surface area contributed by atoms with Crippen LogP contribution >= 0.6 is 0 Å². The summed E-state index contributed by atoms with van der Waals surface area (Å²) in [5.74, 6) is 0.639. The zero-order valence-corrected chi connectivity index (χ0v) is 22.3. The lowest BCUT2D eigenvalue weighted by molar-refractivity contribution is 0.0630. The lowest BCUT2D eigenvalue weighted by Crippen LogP contribution is -2.42. The van der Waals surface area contributed by atoms with E-state index in [2.05, 4.69) is 80.6 Å². The van der Waals surface area contributed by atoms with Crippen LogP contribution in [0.25, 0.3) is 21.9 Å². The summed E-state index contributed by atoms with van der Waals surface area (Å²) >= 11 is 0. The van der Waals surface area contributed by atoms with Crippen LogP contribution in [-0.2, 0) is 6.42 Å². The molecule has 0 radical (unpaired) electrons. The molecule has 2 aliphatic heterocycles. The number of hydrogen-bond donors (Lipinski definition) is 1. The summed E-state index contributed by atoms with van der Waals surface area (Å²) in [5.41, 5.74) is 8.61. The Morgan fingerprint density at radius 3 is 2.67 bits per heavy atom. The van der Waals surface area contributed by atoms with Gasteiger partial charge in [-0.1, -0.05) is 42.5 Å². The van der Waals surface area contributed by atoms with Crippen LogP contribution in [0.15, 0.2) is 71.4 Å². The van der Waals surface area contributed by atoms with E-state index in [1.54, 1.807) is 6.07 Å².